The normalized spacial score (nSPS) is 27.2. The lowest BCUT2D eigenvalue weighted by Gasteiger charge is -2.50. The topological polar surface area (TPSA) is 98.8 Å². The largest absolute Gasteiger partial charge is 0.327 e. The number of urea groups is 1. The SMILES string of the molecule is CC(=O)C(SC1NC(c2cccc(C)c2)NC2C1C(=O)N(C)C(=O)N2C)C(C)=O. The zero-order chi connectivity index (χ0) is 21.5. The Morgan fingerprint density at radius 2 is 1.76 bits per heavy atom. The monoisotopic (exact) mass is 418 g/mol. The van der Waals surface area contributed by atoms with Gasteiger partial charge in [0.25, 0.3) is 0 Å². The van der Waals surface area contributed by atoms with E-state index in [-0.39, 0.29) is 23.6 Å². The summed E-state index contributed by atoms with van der Waals surface area (Å²) in [6.45, 7) is 4.73. The number of nitrogens with zero attached hydrogens (tertiary/aromatic N) is 2. The van der Waals surface area contributed by atoms with Gasteiger partial charge in [0.2, 0.25) is 5.91 Å². The van der Waals surface area contributed by atoms with E-state index < -0.39 is 28.7 Å². The highest BCUT2D eigenvalue weighted by Crippen LogP contribution is 2.36. The van der Waals surface area contributed by atoms with E-state index in [1.54, 1.807) is 7.05 Å². The van der Waals surface area contributed by atoms with Gasteiger partial charge in [0.15, 0.2) is 0 Å². The van der Waals surface area contributed by atoms with Crippen LogP contribution in [0.3, 0.4) is 0 Å². The molecule has 0 aromatic heterocycles. The highest BCUT2D eigenvalue weighted by Gasteiger charge is 2.52. The average molecular weight is 419 g/mol. The molecule has 2 saturated heterocycles. The van der Waals surface area contributed by atoms with Gasteiger partial charge in [0, 0.05) is 14.1 Å². The van der Waals surface area contributed by atoms with Crippen molar-refractivity contribution in [2.24, 2.45) is 5.92 Å². The van der Waals surface area contributed by atoms with Crippen LogP contribution in [0, 0.1) is 12.8 Å². The van der Waals surface area contributed by atoms with Gasteiger partial charge in [0.05, 0.1) is 23.6 Å². The molecule has 0 saturated carbocycles. The molecule has 29 heavy (non-hydrogen) atoms. The maximum absolute atomic E-state index is 13.0. The van der Waals surface area contributed by atoms with E-state index in [4.69, 9.17) is 0 Å². The lowest BCUT2D eigenvalue weighted by atomic mass is 9.95. The lowest BCUT2D eigenvalue weighted by Crippen LogP contribution is -2.72. The van der Waals surface area contributed by atoms with Crippen molar-refractivity contribution < 1.29 is 19.2 Å². The average Bonchev–Trinajstić information content (AvgIpc) is 2.67. The number of ketones is 2. The second-order valence-corrected chi connectivity index (χ2v) is 8.85. The maximum atomic E-state index is 13.0. The van der Waals surface area contributed by atoms with E-state index >= 15 is 0 Å². The van der Waals surface area contributed by atoms with Gasteiger partial charge < -0.3 is 4.90 Å². The van der Waals surface area contributed by atoms with Gasteiger partial charge in [-0.25, -0.2) is 4.79 Å². The zero-order valence-electron chi connectivity index (χ0n) is 17.1. The number of carbonyl (C=O) groups excluding carboxylic acids is 4. The summed E-state index contributed by atoms with van der Waals surface area (Å²) < 4.78 is 0. The first kappa shape index (κ1) is 21.5. The molecule has 2 N–H and O–H groups in total. The number of rotatable bonds is 5. The molecular formula is C20H26N4O4S. The highest BCUT2D eigenvalue weighted by molar-refractivity contribution is 8.02. The first-order valence-electron chi connectivity index (χ1n) is 9.41. The van der Waals surface area contributed by atoms with E-state index in [1.807, 2.05) is 31.2 Å². The number of Topliss-reactive ketones (excluding diaryl/α,β-unsaturated/α-hetero) is 2. The van der Waals surface area contributed by atoms with E-state index in [1.165, 1.54) is 25.8 Å². The van der Waals surface area contributed by atoms with E-state index in [0.29, 0.717) is 0 Å². The smallest absolute Gasteiger partial charge is 0.311 e. The number of carbonyl (C=O) groups is 4. The third-order valence-electron chi connectivity index (χ3n) is 5.35. The van der Waals surface area contributed by atoms with Crippen molar-refractivity contribution in [2.75, 3.05) is 14.1 Å². The molecule has 1 aromatic rings. The van der Waals surface area contributed by atoms with Gasteiger partial charge in [-0.15, -0.1) is 11.8 Å². The summed E-state index contributed by atoms with van der Waals surface area (Å²) >= 11 is 1.14. The van der Waals surface area contributed by atoms with Crippen LogP contribution in [0.2, 0.25) is 0 Å². The Bertz CT molecular complexity index is 847. The quantitative estimate of drug-likeness (QED) is 0.695. The molecule has 8 nitrogen and oxygen atoms in total. The Morgan fingerprint density at radius 3 is 2.34 bits per heavy atom. The third-order valence-corrected chi connectivity index (χ3v) is 7.01. The summed E-state index contributed by atoms with van der Waals surface area (Å²) in [7, 11) is 3.09. The van der Waals surface area contributed by atoms with Gasteiger partial charge in [-0.05, 0) is 26.3 Å². The van der Waals surface area contributed by atoms with Crippen LogP contribution in [0.5, 0.6) is 0 Å². The first-order chi connectivity index (χ1) is 13.6. The Kier molecular flexibility index (Phi) is 6.11. The second kappa shape index (κ2) is 8.25. The highest BCUT2D eigenvalue weighted by atomic mass is 32.2. The molecule has 0 radical (unpaired) electrons. The Morgan fingerprint density at radius 1 is 1.10 bits per heavy atom. The molecule has 4 atom stereocenters. The Balaban J connectivity index is 1.99. The van der Waals surface area contributed by atoms with Crippen molar-refractivity contribution >= 4 is 35.3 Å². The predicted molar refractivity (Wildman–Crippen MR) is 110 cm³/mol. The molecule has 0 bridgehead atoms. The molecule has 3 rings (SSSR count). The summed E-state index contributed by atoms with van der Waals surface area (Å²) in [5.74, 6) is -1.50. The zero-order valence-corrected chi connectivity index (χ0v) is 17.9. The number of amides is 3. The molecule has 156 valence electrons. The van der Waals surface area contributed by atoms with Gasteiger partial charge >= 0.3 is 6.03 Å². The molecule has 2 aliphatic rings. The van der Waals surface area contributed by atoms with Gasteiger partial charge in [-0.3, -0.25) is 29.9 Å². The van der Waals surface area contributed by atoms with Crippen molar-refractivity contribution in [3.8, 4) is 0 Å². The third kappa shape index (κ3) is 4.08. The summed E-state index contributed by atoms with van der Waals surface area (Å²) in [6, 6.07) is 7.49. The first-order valence-corrected chi connectivity index (χ1v) is 10.4. The van der Waals surface area contributed by atoms with Crippen LogP contribution in [0.4, 0.5) is 4.79 Å². The van der Waals surface area contributed by atoms with Crippen LogP contribution in [-0.4, -0.2) is 64.2 Å². The van der Waals surface area contributed by atoms with Gasteiger partial charge in [0.1, 0.15) is 16.8 Å². The van der Waals surface area contributed by atoms with Crippen molar-refractivity contribution in [1.82, 2.24) is 20.4 Å². The van der Waals surface area contributed by atoms with Crippen LogP contribution >= 0.6 is 11.8 Å². The van der Waals surface area contributed by atoms with E-state index in [2.05, 4.69) is 10.6 Å². The predicted octanol–water partition coefficient (Wildman–Crippen LogP) is 1.26. The number of fused-ring (bicyclic) bond motifs is 1. The molecular weight excluding hydrogens is 392 g/mol. The summed E-state index contributed by atoms with van der Waals surface area (Å²) in [5, 5.41) is 5.34. The standard InChI is InChI=1S/C20H26N4O4S/c1-10-7-6-8-13(9-10)16-21-17-14(19(27)24(5)20(28)23(17)4)18(22-16)29-15(11(2)25)12(3)26/h6-9,14-18,21-22H,1-5H3. The van der Waals surface area contributed by atoms with E-state index in [0.717, 1.165) is 27.8 Å². The Hall–Kier alpha value is -2.23. The number of nitrogens with one attached hydrogen (secondary N) is 2. The molecule has 0 spiro atoms. The summed E-state index contributed by atoms with van der Waals surface area (Å²) in [6.07, 6.45) is -0.908. The minimum Gasteiger partial charge on any atom is -0.311 e. The number of benzene rings is 1. The summed E-state index contributed by atoms with van der Waals surface area (Å²) in [4.78, 5) is 52.1. The van der Waals surface area contributed by atoms with Gasteiger partial charge in [-0.2, -0.15) is 0 Å². The van der Waals surface area contributed by atoms with Crippen LogP contribution < -0.4 is 10.6 Å². The van der Waals surface area contributed by atoms with Crippen molar-refractivity contribution in [3.63, 3.8) is 0 Å². The van der Waals surface area contributed by atoms with Crippen molar-refractivity contribution in [2.45, 2.75) is 43.7 Å². The number of aryl methyl sites for hydroxylation is 1. The molecule has 9 heteroatoms. The lowest BCUT2D eigenvalue weighted by molar-refractivity contribution is -0.140. The van der Waals surface area contributed by atoms with Crippen molar-refractivity contribution in [3.05, 3.63) is 35.4 Å². The number of hydrogen-bond acceptors (Lipinski definition) is 7. The van der Waals surface area contributed by atoms with Crippen LogP contribution in [0.15, 0.2) is 24.3 Å². The van der Waals surface area contributed by atoms with Crippen LogP contribution in [-0.2, 0) is 14.4 Å². The van der Waals surface area contributed by atoms with Gasteiger partial charge in [-0.1, -0.05) is 29.8 Å². The number of imide groups is 1. The fraction of sp³-hybridized carbons (Fsp3) is 0.500. The minimum absolute atomic E-state index is 0.257. The fourth-order valence-electron chi connectivity index (χ4n) is 3.84. The summed E-state index contributed by atoms with van der Waals surface area (Å²) in [5.41, 5.74) is 2.02. The molecule has 0 aliphatic carbocycles. The second-order valence-electron chi connectivity index (χ2n) is 7.60. The molecule has 2 heterocycles. The van der Waals surface area contributed by atoms with Crippen LogP contribution in [0.25, 0.3) is 0 Å². The van der Waals surface area contributed by atoms with Crippen molar-refractivity contribution in [1.29, 1.82) is 0 Å². The number of thioether (sulfide) groups is 1. The maximum Gasteiger partial charge on any atom is 0.327 e. The molecule has 1 aromatic carbocycles. The Labute approximate surface area is 174 Å². The molecule has 2 fully saturated rings. The molecule has 4 unspecified atom stereocenters. The van der Waals surface area contributed by atoms with E-state index in [9.17, 15) is 19.2 Å². The minimum atomic E-state index is -0.870. The van der Waals surface area contributed by atoms with Crippen LogP contribution in [0.1, 0.15) is 31.1 Å². The number of hydrogen-bond donors (Lipinski definition) is 2. The molecule has 3 amide bonds. The molecule has 2 aliphatic heterocycles. The fourth-order valence-corrected chi connectivity index (χ4v) is 5.16.